The summed E-state index contributed by atoms with van der Waals surface area (Å²) >= 11 is 0. The fourth-order valence-electron chi connectivity index (χ4n) is 3.22. The summed E-state index contributed by atoms with van der Waals surface area (Å²) in [5, 5.41) is 0. The zero-order valence-corrected chi connectivity index (χ0v) is 17.2. The summed E-state index contributed by atoms with van der Waals surface area (Å²) in [6, 6.07) is 22.3. The van der Waals surface area contributed by atoms with Crippen LogP contribution in [0.1, 0.15) is 16.8 Å². The molecule has 0 atom stereocenters. The Bertz CT molecular complexity index is 1000. The normalized spacial score (nSPS) is 13.3. The molecule has 1 aliphatic rings. The lowest BCUT2D eigenvalue weighted by Gasteiger charge is -2.18. The molecule has 4 rings (SSSR count). The SMILES string of the molecule is CN1CCN=C(/C=C/c2cccc(OCc3ccccn3)c2)c2ccccc21.Cl. The van der Waals surface area contributed by atoms with Crippen LogP contribution < -0.4 is 9.64 Å². The van der Waals surface area contributed by atoms with Gasteiger partial charge in [0.15, 0.2) is 0 Å². The minimum Gasteiger partial charge on any atom is -0.487 e. The number of nitrogens with zero attached hydrogens (tertiary/aromatic N) is 3. The van der Waals surface area contributed by atoms with Gasteiger partial charge in [-0.2, -0.15) is 0 Å². The Morgan fingerprint density at radius 3 is 2.72 bits per heavy atom. The Hall–Kier alpha value is -3.11. The van der Waals surface area contributed by atoms with E-state index in [9.17, 15) is 0 Å². The topological polar surface area (TPSA) is 37.7 Å². The first-order chi connectivity index (χ1) is 13.8. The molecule has 0 aliphatic carbocycles. The molecule has 0 spiro atoms. The maximum Gasteiger partial charge on any atom is 0.130 e. The third kappa shape index (κ3) is 5.24. The summed E-state index contributed by atoms with van der Waals surface area (Å²) in [6.07, 6.45) is 5.96. The van der Waals surface area contributed by atoms with Gasteiger partial charge in [0.1, 0.15) is 12.4 Å². The van der Waals surface area contributed by atoms with E-state index in [0.29, 0.717) is 6.61 Å². The summed E-state index contributed by atoms with van der Waals surface area (Å²) in [5.74, 6) is 0.829. The van der Waals surface area contributed by atoms with Gasteiger partial charge in [0.2, 0.25) is 0 Å². The highest BCUT2D eigenvalue weighted by atomic mass is 35.5. The highest BCUT2D eigenvalue weighted by Crippen LogP contribution is 2.23. The quantitative estimate of drug-likeness (QED) is 0.597. The van der Waals surface area contributed by atoms with Crippen molar-refractivity contribution in [2.45, 2.75) is 6.61 Å². The van der Waals surface area contributed by atoms with Crippen molar-refractivity contribution in [3.05, 3.63) is 95.8 Å². The van der Waals surface area contributed by atoms with E-state index >= 15 is 0 Å². The molecule has 29 heavy (non-hydrogen) atoms. The first-order valence-corrected chi connectivity index (χ1v) is 9.45. The number of fused-ring (bicyclic) bond motifs is 1. The Labute approximate surface area is 178 Å². The average Bonchev–Trinajstić information content (AvgIpc) is 2.91. The van der Waals surface area contributed by atoms with Crippen molar-refractivity contribution < 1.29 is 4.74 Å². The van der Waals surface area contributed by atoms with Gasteiger partial charge in [-0.05, 0) is 42.0 Å². The van der Waals surface area contributed by atoms with Gasteiger partial charge in [-0.3, -0.25) is 9.98 Å². The first-order valence-electron chi connectivity index (χ1n) is 9.45. The van der Waals surface area contributed by atoms with Crippen LogP contribution in [0, 0.1) is 0 Å². The Kier molecular flexibility index (Phi) is 7.04. The van der Waals surface area contributed by atoms with Crippen LogP contribution in [0.4, 0.5) is 5.69 Å². The van der Waals surface area contributed by atoms with Crippen LogP contribution in [-0.4, -0.2) is 30.8 Å². The molecule has 0 fully saturated rings. The standard InChI is InChI=1S/C24H23N3O.ClH/c1-27-16-15-26-23(22-10-2-3-11-24(22)27)13-12-19-7-6-9-21(17-19)28-18-20-8-4-5-14-25-20;/h2-14,17H,15-16,18H2,1H3;1H/b13-12+;. The number of para-hydroxylation sites is 1. The molecule has 0 N–H and O–H groups in total. The van der Waals surface area contributed by atoms with Crippen LogP contribution in [0.15, 0.2) is 84.0 Å². The summed E-state index contributed by atoms with van der Waals surface area (Å²) in [5.41, 5.74) is 5.39. The summed E-state index contributed by atoms with van der Waals surface area (Å²) < 4.78 is 5.88. The van der Waals surface area contributed by atoms with Crippen LogP contribution >= 0.6 is 12.4 Å². The van der Waals surface area contributed by atoms with E-state index in [4.69, 9.17) is 9.73 Å². The summed E-state index contributed by atoms with van der Waals surface area (Å²) in [6.45, 7) is 2.17. The molecule has 0 bridgehead atoms. The van der Waals surface area contributed by atoms with Crippen molar-refractivity contribution in [1.82, 2.24) is 4.98 Å². The van der Waals surface area contributed by atoms with Crippen molar-refractivity contribution in [1.29, 1.82) is 0 Å². The number of benzodiazepines with no additional fused rings is 1. The van der Waals surface area contributed by atoms with E-state index < -0.39 is 0 Å². The number of aromatic nitrogens is 1. The molecule has 3 aromatic rings. The van der Waals surface area contributed by atoms with E-state index in [2.05, 4.69) is 59.4 Å². The lowest BCUT2D eigenvalue weighted by molar-refractivity contribution is 0.301. The summed E-state index contributed by atoms with van der Waals surface area (Å²) in [7, 11) is 2.11. The van der Waals surface area contributed by atoms with Crippen LogP contribution in [-0.2, 0) is 6.61 Å². The molecular formula is C24H24ClN3O. The molecule has 0 amide bonds. The fourth-order valence-corrected chi connectivity index (χ4v) is 3.22. The minimum atomic E-state index is 0. The van der Waals surface area contributed by atoms with Crippen LogP contribution in [0.5, 0.6) is 5.75 Å². The smallest absolute Gasteiger partial charge is 0.130 e. The molecule has 2 aromatic carbocycles. The number of benzene rings is 2. The van der Waals surface area contributed by atoms with Gasteiger partial charge in [-0.15, -0.1) is 12.4 Å². The molecule has 0 radical (unpaired) electrons. The van der Waals surface area contributed by atoms with Gasteiger partial charge in [-0.25, -0.2) is 0 Å². The highest BCUT2D eigenvalue weighted by Gasteiger charge is 2.13. The monoisotopic (exact) mass is 405 g/mol. The third-order valence-corrected chi connectivity index (χ3v) is 4.71. The van der Waals surface area contributed by atoms with Gasteiger partial charge in [0.25, 0.3) is 0 Å². The fraction of sp³-hybridized carbons (Fsp3) is 0.167. The van der Waals surface area contributed by atoms with Gasteiger partial charge < -0.3 is 9.64 Å². The molecular weight excluding hydrogens is 382 g/mol. The van der Waals surface area contributed by atoms with E-state index in [1.807, 2.05) is 36.4 Å². The van der Waals surface area contributed by atoms with E-state index in [-0.39, 0.29) is 12.4 Å². The predicted molar refractivity (Wildman–Crippen MR) is 122 cm³/mol. The molecule has 4 nitrogen and oxygen atoms in total. The van der Waals surface area contributed by atoms with Crippen molar-refractivity contribution in [3.63, 3.8) is 0 Å². The number of hydrogen-bond donors (Lipinski definition) is 0. The number of aliphatic imine (C=N–C) groups is 1. The summed E-state index contributed by atoms with van der Waals surface area (Å²) in [4.78, 5) is 11.3. The largest absolute Gasteiger partial charge is 0.487 e. The van der Waals surface area contributed by atoms with Crippen molar-refractivity contribution in [2.75, 3.05) is 25.0 Å². The lowest BCUT2D eigenvalue weighted by atomic mass is 10.1. The second kappa shape index (κ2) is 9.89. The molecule has 0 saturated heterocycles. The van der Waals surface area contributed by atoms with Crippen LogP contribution in [0.3, 0.4) is 0 Å². The minimum absolute atomic E-state index is 0. The number of allylic oxidation sites excluding steroid dienone is 1. The number of pyridine rings is 1. The molecule has 1 aliphatic heterocycles. The molecule has 1 aromatic heterocycles. The second-order valence-electron chi connectivity index (χ2n) is 6.72. The highest BCUT2D eigenvalue weighted by molar-refractivity contribution is 6.14. The zero-order valence-electron chi connectivity index (χ0n) is 16.4. The van der Waals surface area contributed by atoms with E-state index in [0.717, 1.165) is 35.8 Å². The maximum atomic E-state index is 5.88. The predicted octanol–water partition coefficient (Wildman–Crippen LogP) is 5.03. The molecule has 0 saturated carbocycles. The number of likely N-dealkylation sites (N-methyl/N-ethyl adjacent to an activating group) is 1. The molecule has 0 unspecified atom stereocenters. The Morgan fingerprint density at radius 1 is 1.00 bits per heavy atom. The van der Waals surface area contributed by atoms with Crippen LogP contribution in [0.2, 0.25) is 0 Å². The number of ether oxygens (including phenoxy) is 1. The molecule has 148 valence electrons. The van der Waals surface area contributed by atoms with Gasteiger partial charge >= 0.3 is 0 Å². The number of halogens is 1. The first kappa shape index (κ1) is 20.6. The van der Waals surface area contributed by atoms with Crippen molar-refractivity contribution in [3.8, 4) is 5.75 Å². The number of rotatable bonds is 5. The molecule has 5 heteroatoms. The third-order valence-electron chi connectivity index (χ3n) is 4.71. The number of anilines is 1. The van der Waals surface area contributed by atoms with Crippen LogP contribution in [0.25, 0.3) is 6.08 Å². The van der Waals surface area contributed by atoms with Gasteiger partial charge in [0.05, 0.1) is 18.0 Å². The zero-order chi connectivity index (χ0) is 19.2. The van der Waals surface area contributed by atoms with Crippen molar-refractivity contribution >= 4 is 29.9 Å². The van der Waals surface area contributed by atoms with Gasteiger partial charge in [-0.1, -0.05) is 42.5 Å². The van der Waals surface area contributed by atoms with E-state index in [1.54, 1.807) is 6.20 Å². The van der Waals surface area contributed by atoms with Gasteiger partial charge in [0, 0.05) is 31.0 Å². The molecule has 2 heterocycles. The number of hydrogen-bond acceptors (Lipinski definition) is 4. The maximum absolute atomic E-state index is 5.88. The average molecular weight is 406 g/mol. The Morgan fingerprint density at radius 2 is 1.86 bits per heavy atom. The second-order valence-corrected chi connectivity index (χ2v) is 6.72. The Balaban J connectivity index is 0.00000240. The lowest BCUT2D eigenvalue weighted by Crippen LogP contribution is -2.20. The van der Waals surface area contributed by atoms with E-state index in [1.165, 1.54) is 11.3 Å². The van der Waals surface area contributed by atoms with Crippen molar-refractivity contribution in [2.24, 2.45) is 4.99 Å².